The van der Waals surface area contributed by atoms with E-state index in [9.17, 15) is 4.79 Å². The van der Waals surface area contributed by atoms with Crippen LogP contribution in [0.25, 0.3) is 0 Å². The first-order valence-corrected chi connectivity index (χ1v) is 6.61. The normalized spacial score (nSPS) is 10.6. The highest BCUT2D eigenvalue weighted by atomic mass is 35.5. The zero-order chi connectivity index (χ0) is 14.5. The highest BCUT2D eigenvalue weighted by Gasteiger charge is 2.06. The fourth-order valence-electron chi connectivity index (χ4n) is 1.67. The molecule has 2 N–H and O–H groups in total. The Morgan fingerprint density at radius 1 is 1.40 bits per heavy atom. The molecule has 106 valence electrons. The van der Waals surface area contributed by atoms with E-state index in [1.165, 1.54) is 0 Å². The summed E-state index contributed by atoms with van der Waals surface area (Å²) in [6.45, 7) is 4.33. The highest BCUT2D eigenvalue weighted by molar-refractivity contribution is 6.30. The molecule has 0 radical (unpaired) electrons. The number of nitrogens with zero attached hydrogens (tertiary/aromatic N) is 1. The predicted molar refractivity (Wildman–Crippen MR) is 77.8 cm³/mol. The summed E-state index contributed by atoms with van der Waals surface area (Å²) in [5.41, 5.74) is 1.54. The number of hydrogen-bond acceptors (Lipinski definition) is 4. The van der Waals surface area contributed by atoms with E-state index in [1.54, 1.807) is 24.3 Å². The molecule has 0 aliphatic rings. The second kappa shape index (κ2) is 6.54. The van der Waals surface area contributed by atoms with Crippen molar-refractivity contribution in [2.45, 2.75) is 20.4 Å². The molecule has 0 aliphatic heterocycles. The van der Waals surface area contributed by atoms with Gasteiger partial charge >= 0.3 is 0 Å². The third kappa shape index (κ3) is 4.08. The molecule has 1 aromatic heterocycles. The number of anilines is 1. The van der Waals surface area contributed by atoms with Gasteiger partial charge in [-0.05, 0) is 32.0 Å². The molecule has 0 saturated carbocycles. The van der Waals surface area contributed by atoms with Crippen molar-refractivity contribution in [2.24, 2.45) is 0 Å². The standard InChI is InChI=1S/C14H16ClN3O2/c1-9-10(2)20-14(17-9)8-16-7-13(19)18-12-5-3-4-11(15)6-12/h3-6,16H,7-8H2,1-2H3,(H,18,19). The maximum absolute atomic E-state index is 11.7. The molecule has 0 unspecified atom stereocenters. The molecule has 1 aromatic carbocycles. The number of benzene rings is 1. The number of halogens is 1. The van der Waals surface area contributed by atoms with E-state index >= 15 is 0 Å². The fourth-order valence-corrected chi connectivity index (χ4v) is 1.86. The number of carbonyl (C=O) groups excluding carboxylic acids is 1. The van der Waals surface area contributed by atoms with E-state index in [-0.39, 0.29) is 12.5 Å². The van der Waals surface area contributed by atoms with Crippen LogP contribution in [0.2, 0.25) is 5.02 Å². The average molecular weight is 294 g/mol. The minimum atomic E-state index is -0.146. The number of amides is 1. The van der Waals surface area contributed by atoms with Crippen LogP contribution in [0.5, 0.6) is 0 Å². The summed E-state index contributed by atoms with van der Waals surface area (Å²) in [6.07, 6.45) is 0. The van der Waals surface area contributed by atoms with Crippen LogP contribution in [-0.4, -0.2) is 17.4 Å². The number of rotatable bonds is 5. The Morgan fingerprint density at radius 2 is 2.20 bits per heavy atom. The number of hydrogen-bond donors (Lipinski definition) is 2. The Balaban J connectivity index is 1.78. The maximum atomic E-state index is 11.7. The number of nitrogens with one attached hydrogen (secondary N) is 2. The fraction of sp³-hybridized carbons (Fsp3) is 0.286. The molecule has 0 aliphatic carbocycles. The summed E-state index contributed by atoms with van der Waals surface area (Å²) in [6, 6.07) is 7.01. The van der Waals surface area contributed by atoms with E-state index in [2.05, 4.69) is 15.6 Å². The predicted octanol–water partition coefficient (Wildman–Crippen LogP) is 2.67. The van der Waals surface area contributed by atoms with Gasteiger partial charge in [0, 0.05) is 10.7 Å². The number of oxazole rings is 1. The maximum Gasteiger partial charge on any atom is 0.238 e. The summed E-state index contributed by atoms with van der Waals surface area (Å²) in [4.78, 5) is 15.9. The van der Waals surface area contributed by atoms with Crippen molar-refractivity contribution in [2.75, 3.05) is 11.9 Å². The van der Waals surface area contributed by atoms with Crippen molar-refractivity contribution in [1.29, 1.82) is 0 Å². The first kappa shape index (κ1) is 14.6. The Labute approximate surface area is 122 Å². The molecule has 2 aromatic rings. The molecule has 0 saturated heterocycles. The minimum absolute atomic E-state index is 0.146. The zero-order valence-corrected chi connectivity index (χ0v) is 12.1. The molecule has 1 amide bonds. The summed E-state index contributed by atoms with van der Waals surface area (Å²) < 4.78 is 5.41. The molecule has 0 bridgehead atoms. The topological polar surface area (TPSA) is 67.2 Å². The van der Waals surface area contributed by atoms with E-state index in [4.69, 9.17) is 16.0 Å². The quantitative estimate of drug-likeness (QED) is 0.889. The van der Waals surface area contributed by atoms with Crippen molar-refractivity contribution < 1.29 is 9.21 Å². The van der Waals surface area contributed by atoms with Gasteiger partial charge in [0.05, 0.1) is 18.8 Å². The Kier molecular flexibility index (Phi) is 4.76. The molecule has 6 heteroatoms. The smallest absolute Gasteiger partial charge is 0.238 e. The number of aryl methyl sites for hydroxylation is 2. The van der Waals surface area contributed by atoms with E-state index in [1.807, 2.05) is 13.8 Å². The lowest BCUT2D eigenvalue weighted by Gasteiger charge is -2.05. The summed E-state index contributed by atoms with van der Waals surface area (Å²) in [5.74, 6) is 1.23. The van der Waals surface area contributed by atoms with Crippen molar-refractivity contribution in [3.63, 3.8) is 0 Å². The van der Waals surface area contributed by atoms with Crippen LogP contribution in [0.3, 0.4) is 0 Å². The molecule has 0 fully saturated rings. The van der Waals surface area contributed by atoms with Crippen LogP contribution in [-0.2, 0) is 11.3 Å². The summed E-state index contributed by atoms with van der Waals surface area (Å²) in [7, 11) is 0. The third-order valence-electron chi connectivity index (χ3n) is 2.74. The molecule has 0 spiro atoms. The molecule has 1 heterocycles. The van der Waals surface area contributed by atoms with Crippen molar-refractivity contribution >= 4 is 23.2 Å². The second-order valence-electron chi connectivity index (χ2n) is 4.41. The van der Waals surface area contributed by atoms with Gasteiger partial charge < -0.3 is 9.73 Å². The van der Waals surface area contributed by atoms with Crippen LogP contribution in [0.1, 0.15) is 17.3 Å². The third-order valence-corrected chi connectivity index (χ3v) is 2.98. The van der Waals surface area contributed by atoms with Crippen LogP contribution < -0.4 is 10.6 Å². The number of aromatic nitrogens is 1. The van der Waals surface area contributed by atoms with Gasteiger partial charge in [0.25, 0.3) is 0 Å². The van der Waals surface area contributed by atoms with Gasteiger partial charge in [-0.25, -0.2) is 4.98 Å². The molecule has 20 heavy (non-hydrogen) atoms. The van der Waals surface area contributed by atoms with Gasteiger partial charge in [-0.15, -0.1) is 0 Å². The lowest BCUT2D eigenvalue weighted by Crippen LogP contribution is -2.27. The highest BCUT2D eigenvalue weighted by Crippen LogP contribution is 2.14. The second-order valence-corrected chi connectivity index (χ2v) is 4.85. The van der Waals surface area contributed by atoms with Gasteiger partial charge in [-0.3, -0.25) is 10.1 Å². The van der Waals surface area contributed by atoms with Crippen LogP contribution in [0.15, 0.2) is 28.7 Å². The van der Waals surface area contributed by atoms with Crippen molar-refractivity contribution in [1.82, 2.24) is 10.3 Å². The Hall–Kier alpha value is -1.85. The summed E-state index contributed by atoms with van der Waals surface area (Å²) >= 11 is 5.84. The molecule has 0 atom stereocenters. The summed E-state index contributed by atoms with van der Waals surface area (Å²) in [5, 5.41) is 6.31. The van der Waals surface area contributed by atoms with Crippen LogP contribution in [0, 0.1) is 13.8 Å². The Morgan fingerprint density at radius 3 is 2.85 bits per heavy atom. The average Bonchev–Trinajstić information content (AvgIpc) is 2.68. The monoisotopic (exact) mass is 293 g/mol. The molecule has 2 rings (SSSR count). The minimum Gasteiger partial charge on any atom is -0.444 e. The van der Waals surface area contributed by atoms with E-state index < -0.39 is 0 Å². The molecule has 5 nitrogen and oxygen atoms in total. The number of carbonyl (C=O) groups is 1. The van der Waals surface area contributed by atoms with E-state index in [0.717, 1.165) is 11.5 Å². The van der Waals surface area contributed by atoms with Crippen molar-refractivity contribution in [3.8, 4) is 0 Å². The van der Waals surface area contributed by atoms with Crippen molar-refractivity contribution in [3.05, 3.63) is 46.6 Å². The zero-order valence-electron chi connectivity index (χ0n) is 11.4. The van der Waals surface area contributed by atoms with E-state index in [0.29, 0.717) is 23.1 Å². The molecular weight excluding hydrogens is 278 g/mol. The lowest BCUT2D eigenvalue weighted by atomic mass is 10.3. The van der Waals surface area contributed by atoms with Gasteiger partial charge in [0.1, 0.15) is 5.76 Å². The largest absolute Gasteiger partial charge is 0.444 e. The first-order valence-electron chi connectivity index (χ1n) is 6.23. The van der Waals surface area contributed by atoms with Gasteiger partial charge in [0.15, 0.2) is 0 Å². The first-order chi connectivity index (χ1) is 9.54. The Bertz CT molecular complexity index is 591. The lowest BCUT2D eigenvalue weighted by molar-refractivity contribution is -0.115. The van der Waals surface area contributed by atoms with Gasteiger partial charge in [-0.1, -0.05) is 17.7 Å². The van der Waals surface area contributed by atoms with Crippen LogP contribution in [0.4, 0.5) is 5.69 Å². The SMILES string of the molecule is Cc1nc(CNCC(=O)Nc2cccc(Cl)c2)oc1C. The van der Waals surface area contributed by atoms with Gasteiger partial charge in [-0.2, -0.15) is 0 Å². The molecular formula is C14H16ClN3O2. The van der Waals surface area contributed by atoms with Gasteiger partial charge in [0.2, 0.25) is 11.8 Å². The van der Waals surface area contributed by atoms with Crippen LogP contribution >= 0.6 is 11.6 Å².